The molecule has 5 heteroatoms. The molecule has 0 saturated heterocycles. The summed E-state index contributed by atoms with van der Waals surface area (Å²) in [5.41, 5.74) is 12.4. The number of nitrogens with zero attached hydrogens (tertiary/aromatic N) is 1. The van der Waals surface area contributed by atoms with Crippen LogP contribution in [0.3, 0.4) is 0 Å². The van der Waals surface area contributed by atoms with Crippen molar-refractivity contribution in [3.63, 3.8) is 0 Å². The highest BCUT2D eigenvalue weighted by Crippen LogP contribution is 2.30. The molecule has 0 fully saturated rings. The third kappa shape index (κ3) is 1.98. The van der Waals surface area contributed by atoms with Crippen LogP contribution in [0.5, 0.6) is 0 Å². The van der Waals surface area contributed by atoms with Crippen LogP contribution in [-0.2, 0) is 0 Å². The van der Waals surface area contributed by atoms with E-state index in [0.717, 1.165) is 10.9 Å². The van der Waals surface area contributed by atoms with Crippen molar-refractivity contribution in [3.8, 4) is 0 Å². The van der Waals surface area contributed by atoms with Crippen molar-refractivity contribution in [2.24, 2.45) is 11.5 Å². The fourth-order valence-electron chi connectivity index (χ4n) is 1.92. The monoisotopic (exact) mass is 231 g/mol. The summed E-state index contributed by atoms with van der Waals surface area (Å²) < 4.78 is 0. The highest BCUT2D eigenvalue weighted by atomic mass is 16.6. The van der Waals surface area contributed by atoms with Gasteiger partial charge in [0.25, 0.3) is 5.69 Å². The predicted octanol–water partition coefficient (Wildman–Crippen LogP) is 1.71. The van der Waals surface area contributed by atoms with Gasteiger partial charge in [-0.2, -0.15) is 0 Å². The second-order valence-corrected chi connectivity index (χ2v) is 3.82. The zero-order valence-electron chi connectivity index (χ0n) is 9.17. The van der Waals surface area contributed by atoms with E-state index in [1.807, 2.05) is 12.1 Å². The Morgan fingerprint density at radius 3 is 2.41 bits per heavy atom. The minimum absolute atomic E-state index is 0.0913. The average molecular weight is 231 g/mol. The summed E-state index contributed by atoms with van der Waals surface area (Å²) in [7, 11) is 0. The Bertz CT molecular complexity index is 569. The molecule has 0 saturated carbocycles. The molecule has 0 aliphatic rings. The number of non-ortho nitro benzene ring substituents is 1. The Morgan fingerprint density at radius 1 is 1.18 bits per heavy atom. The smallest absolute Gasteiger partial charge is 0.277 e. The van der Waals surface area contributed by atoms with Gasteiger partial charge in [-0.15, -0.1) is 0 Å². The highest BCUT2D eigenvalue weighted by Gasteiger charge is 2.16. The lowest BCUT2D eigenvalue weighted by Crippen LogP contribution is -2.21. The van der Waals surface area contributed by atoms with Crippen LogP contribution < -0.4 is 11.5 Å². The molecule has 0 radical (unpaired) electrons. The van der Waals surface area contributed by atoms with Gasteiger partial charge in [0.05, 0.1) is 10.3 Å². The molecule has 2 aromatic rings. The minimum atomic E-state index is -0.389. The van der Waals surface area contributed by atoms with Gasteiger partial charge in [-0.1, -0.05) is 18.2 Å². The summed E-state index contributed by atoms with van der Waals surface area (Å²) in [5.74, 6) is 0. The van der Waals surface area contributed by atoms with Crippen molar-refractivity contribution in [2.75, 3.05) is 6.54 Å². The summed E-state index contributed by atoms with van der Waals surface area (Å²) >= 11 is 0. The Hall–Kier alpha value is -1.98. The lowest BCUT2D eigenvalue weighted by molar-refractivity contribution is -0.383. The van der Waals surface area contributed by atoms with Crippen LogP contribution in [0.4, 0.5) is 5.69 Å². The summed E-state index contributed by atoms with van der Waals surface area (Å²) in [6, 6.07) is 10.0. The van der Waals surface area contributed by atoms with Crippen LogP contribution in [0, 0.1) is 10.1 Å². The Kier molecular flexibility index (Phi) is 3.03. The molecule has 0 aliphatic heterocycles. The van der Waals surface area contributed by atoms with E-state index in [0.29, 0.717) is 11.9 Å². The number of hydrogen-bond acceptors (Lipinski definition) is 4. The molecule has 88 valence electrons. The van der Waals surface area contributed by atoms with Gasteiger partial charge in [-0.05, 0) is 23.1 Å². The molecule has 0 amide bonds. The molecule has 2 aromatic carbocycles. The largest absolute Gasteiger partial charge is 0.329 e. The van der Waals surface area contributed by atoms with Crippen LogP contribution in [0.15, 0.2) is 36.4 Å². The summed E-state index contributed by atoms with van der Waals surface area (Å²) in [5, 5.41) is 12.3. The Morgan fingerprint density at radius 2 is 1.82 bits per heavy atom. The molecule has 17 heavy (non-hydrogen) atoms. The highest BCUT2D eigenvalue weighted by molar-refractivity contribution is 5.93. The summed E-state index contributed by atoms with van der Waals surface area (Å²) in [6.45, 7) is 0.307. The van der Waals surface area contributed by atoms with E-state index in [2.05, 4.69) is 0 Å². The van der Waals surface area contributed by atoms with E-state index in [4.69, 9.17) is 11.5 Å². The lowest BCUT2D eigenvalue weighted by Gasteiger charge is -2.12. The van der Waals surface area contributed by atoms with Crippen LogP contribution in [0.1, 0.15) is 11.6 Å². The van der Waals surface area contributed by atoms with E-state index in [1.54, 1.807) is 18.2 Å². The van der Waals surface area contributed by atoms with Crippen LogP contribution in [-0.4, -0.2) is 11.5 Å². The number of rotatable bonds is 3. The minimum Gasteiger partial charge on any atom is -0.329 e. The van der Waals surface area contributed by atoms with E-state index in [-0.39, 0.29) is 16.7 Å². The first-order chi connectivity index (χ1) is 8.15. The van der Waals surface area contributed by atoms with E-state index >= 15 is 0 Å². The number of fused-ring (bicyclic) bond motifs is 1. The fourth-order valence-corrected chi connectivity index (χ4v) is 1.92. The van der Waals surface area contributed by atoms with Crippen molar-refractivity contribution in [1.29, 1.82) is 0 Å². The molecular weight excluding hydrogens is 218 g/mol. The normalized spacial score (nSPS) is 12.6. The first-order valence-electron chi connectivity index (χ1n) is 5.27. The van der Waals surface area contributed by atoms with Crippen LogP contribution in [0.25, 0.3) is 10.8 Å². The van der Waals surface area contributed by atoms with E-state index < -0.39 is 0 Å². The van der Waals surface area contributed by atoms with E-state index in [1.165, 1.54) is 6.07 Å². The molecule has 1 atom stereocenters. The molecular formula is C12H13N3O2. The maximum absolute atomic E-state index is 10.9. The fraction of sp³-hybridized carbons (Fsp3) is 0.167. The molecule has 4 N–H and O–H groups in total. The second kappa shape index (κ2) is 4.48. The van der Waals surface area contributed by atoms with Gasteiger partial charge in [0.2, 0.25) is 0 Å². The molecule has 5 nitrogen and oxygen atoms in total. The zero-order chi connectivity index (χ0) is 12.4. The van der Waals surface area contributed by atoms with Gasteiger partial charge in [-0.3, -0.25) is 10.1 Å². The number of nitrogens with two attached hydrogens (primary N) is 2. The zero-order valence-corrected chi connectivity index (χ0v) is 9.17. The standard InChI is InChI=1S/C12H13N3O2/c13-7-11(14)9-5-6-12(15(16)17)10-4-2-1-3-8(9)10/h1-6,11H,7,13-14H2. The Balaban J connectivity index is 2.75. The summed E-state index contributed by atoms with van der Waals surface area (Å²) in [4.78, 5) is 10.5. The molecule has 2 rings (SSSR count). The van der Waals surface area contributed by atoms with Crippen molar-refractivity contribution >= 4 is 16.5 Å². The van der Waals surface area contributed by atoms with Crippen molar-refractivity contribution in [2.45, 2.75) is 6.04 Å². The lowest BCUT2D eigenvalue weighted by atomic mass is 9.98. The van der Waals surface area contributed by atoms with Gasteiger partial charge in [-0.25, -0.2) is 0 Å². The van der Waals surface area contributed by atoms with Gasteiger partial charge >= 0.3 is 0 Å². The van der Waals surface area contributed by atoms with Crippen LogP contribution >= 0.6 is 0 Å². The second-order valence-electron chi connectivity index (χ2n) is 3.82. The van der Waals surface area contributed by atoms with Gasteiger partial charge in [0.15, 0.2) is 0 Å². The van der Waals surface area contributed by atoms with E-state index in [9.17, 15) is 10.1 Å². The molecule has 0 spiro atoms. The predicted molar refractivity (Wildman–Crippen MR) is 66.6 cm³/mol. The van der Waals surface area contributed by atoms with Gasteiger partial charge < -0.3 is 11.5 Å². The van der Waals surface area contributed by atoms with Crippen molar-refractivity contribution < 1.29 is 4.92 Å². The molecule has 0 aliphatic carbocycles. The molecule has 0 bridgehead atoms. The molecule has 1 unspecified atom stereocenters. The maximum Gasteiger partial charge on any atom is 0.277 e. The van der Waals surface area contributed by atoms with Gasteiger partial charge in [0.1, 0.15) is 0 Å². The third-order valence-corrected chi connectivity index (χ3v) is 2.78. The third-order valence-electron chi connectivity index (χ3n) is 2.78. The Labute approximate surface area is 98.2 Å². The first-order valence-corrected chi connectivity index (χ1v) is 5.27. The summed E-state index contributed by atoms with van der Waals surface area (Å²) in [6.07, 6.45) is 0. The SMILES string of the molecule is NCC(N)c1ccc([N+](=O)[O-])c2ccccc12. The van der Waals surface area contributed by atoms with Gasteiger partial charge in [0, 0.05) is 18.7 Å². The topological polar surface area (TPSA) is 95.2 Å². The van der Waals surface area contributed by atoms with Crippen molar-refractivity contribution in [3.05, 3.63) is 52.1 Å². The molecule has 0 heterocycles. The number of nitro groups is 1. The average Bonchev–Trinajstić information content (AvgIpc) is 2.36. The van der Waals surface area contributed by atoms with Crippen molar-refractivity contribution in [1.82, 2.24) is 0 Å². The maximum atomic E-state index is 10.9. The first kappa shape index (κ1) is 11.5. The number of nitro benzene ring substituents is 1. The molecule has 0 aromatic heterocycles. The number of hydrogen-bond donors (Lipinski definition) is 2. The quantitative estimate of drug-likeness (QED) is 0.620. The van der Waals surface area contributed by atoms with Crippen LogP contribution in [0.2, 0.25) is 0 Å². The number of benzene rings is 2.